The molecule has 1 heterocycles. The third-order valence-corrected chi connectivity index (χ3v) is 4.40. The lowest BCUT2D eigenvalue weighted by atomic mass is 10.1. The van der Waals surface area contributed by atoms with Crippen molar-refractivity contribution in [2.45, 2.75) is 12.5 Å². The van der Waals surface area contributed by atoms with Crippen molar-refractivity contribution in [3.8, 4) is 0 Å². The first-order valence-corrected chi connectivity index (χ1v) is 6.94. The first-order valence-electron chi connectivity index (χ1n) is 4.89. The molecule has 0 aliphatic rings. The summed E-state index contributed by atoms with van der Waals surface area (Å²) in [6.45, 7) is 0. The smallest absolute Gasteiger partial charge is 0.0431 e. The Morgan fingerprint density at radius 1 is 1.31 bits per heavy atom. The highest BCUT2D eigenvalue weighted by Gasteiger charge is 2.09. The van der Waals surface area contributed by atoms with Gasteiger partial charge < -0.3 is 5.73 Å². The summed E-state index contributed by atoms with van der Waals surface area (Å²) in [7, 11) is 0. The maximum Gasteiger partial charge on any atom is 0.0431 e. The van der Waals surface area contributed by atoms with Gasteiger partial charge in [-0.25, -0.2) is 0 Å². The van der Waals surface area contributed by atoms with Crippen molar-refractivity contribution in [3.63, 3.8) is 0 Å². The molecule has 1 aromatic heterocycles. The summed E-state index contributed by atoms with van der Waals surface area (Å²) >= 11 is 10.9. The van der Waals surface area contributed by atoms with E-state index in [0.29, 0.717) is 0 Å². The maximum atomic E-state index is 6.14. The zero-order chi connectivity index (χ0) is 11.5. The molecule has 0 aliphatic carbocycles. The molecule has 1 unspecified atom stereocenters. The molecule has 0 amide bonds. The zero-order valence-electron chi connectivity index (χ0n) is 8.49. The van der Waals surface area contributed by atoms with Gasteiger partial charge in [0, 0.05) is 25.8 Å². The van der Waals surface area contributed by atoms with E-state index in [1.165, 1.54) is 10.4 Å². The Hall–Kier alpha value is -0.350. The molecule has 0 radical (unpaired) electrons. The van der Waals surface area contributed by atoms with E-state index >= 15 is 0 Å². The summed E-state index contributed by atoms with van der Waals surface area (Å²) in [5.74, 6) is 0. The number of halogens is 2. The van der Waals surface area contributed by atoms with Crippen LogP contribution in [0.4, 0.5) is 0 Å². The second-order valence-electron chi connectivity index (χ2n) is 3.60. The van der Waals surface area contributed by atoms with Crippen LogP contribution in [0.5, 0.6) is 0 Å². The fraction of sp³-hybridized carbons (Fsp3) is 0.167. The Kier molecular flexibility index (Phi) is 4.03. The summed E-state index contributed by atoms with van der Waals surface area (Å²) < 4.78 is 1.10. The highest BCUT2D eigenvalue weighted by Crippen LogP contribution is 2.26. The highest BCUT2D eigenvalue weighted by atomic mass is 79.9. The SMILES string of the molecule is NC(Cc1ccc(Cl)cc1)c1cc(Br)cs1. The van der Waals surface area contributed by atoms with Crippen LogP contribution < -0.4 is 5.73 Å². The number of thiophene rings is 1. The highest BCUT2D eigenvalue weighted by molar-refractivity contribution is 9.10. The quantitative estimate of drug-likeness (QED) is 0.892. The van der Waals surface area contributed by atoms with Crippen molar-refractivity contribution >= 4 is 38.9 Å². The standard InChI is InChI=1S/C12H11BrClNS/c13-9-6-12(16-7-9)11(15)5-8-1-3-10(14)4-2-8/h1-4,6-7,11H,5,15H2. The average molecular weight is 317 g/mol. The molecule has 4 heteroatoms. The number of benzene rings is 1. The van der Waals surface area contributed by atoms with E-state index in [1.807, 2.05) is 24.3 Å². The van der Waals surface area contributed by atoms with Crippen LogP contribution in [-0.2, 0) is 6.42 Å². The van der Waals surface area contributed by atoms with Crippen molar-refractivity contribution in [1.82, 2.24) is 0 Å². The zero-order valence-corrected chi connectivity index (χ0v) is 11.6. The van der Waals surface area contributed by atoms with Crippen LogP contribution >= 0.6 is 38.9 Å². The van der Waals surface area contributed by atoms with E-state index in [9.17, 15) is 0 Å². The average Bonchev–Trinajstić information content (AvgIpc) is 2.68. The minimum atomic E-state index is 0.0532. The normalized spacial score (nSPS) is 12.7. The fourth-order valence-corrected chi connectivity index (χ4v) is 3.07. The second-order valence-corrected chi connectivity index (χ2v) is 5.90. The Morgan fingerprint density at radius 3 is 2.56 bits per heavy atom. The predicted molar refractivity (Wildman–Crippen MR) is 74.1 cm³/mol. The van der Waals surface area contributed by atoms with Gasteiger partial charge in [0.05, 0.1) is 0 Å². The molecule has 84 valence electrons. The van der Waals surface area contributed by atoms with Gasteiger partial charge in [0.2, 0.25) is 0 Å². The largest absolute Gasteiger partial charge is 0.323 e. The molecule has 0 saturated heterocycles. The lowest BCUT2D eigenvalue weighted by molar-refractivity contribution is 0.736. The lowest BCUT2D eigenvalue weighted by Gasteiger charge is -2.09. The van der Waals surface area contributed by atoms with Gasteiger partial charge in [0.25, 0.3) is 0 Å². The van der Waals surface area contributed by atoms with Crippen LogP contribution in [0.3, 0.4) is 0 Å². The third kappa shape index (κ3) is 3.08. The van der Waals surface area contributed by atoms with Gasteiger partial charge in [-0.3, -0.25) is 0 Å². The molecular formula is C12H11BrClNS. The van der Waals surface area contributed by atoms with Crippen molar-refractivity contribution in [1.29, 1.82) is 0 Å². The van der Waals surface area contributed by atoms with Gasteiger partial charge in [-0.2, -0.15) is 0 Å². The van der Waals surface area contributed by atoms with Crippen molar-refractivity contribution in [3.05, 3.63) is 55.6 Å². The second kappa shape index (κ2) is 5.32. The molecule has 0 spiro atoms. The molecule has 1 aromatic carbocycles. The van der Waals surface area contributed by atoms with Gasteiger partial charge in [-0.1, -0.05) is 23.7 Å². The van der Waals surface area contributed by atoms with Crippen LogP contribution in [0.2, 0.25) is 5.02 Å². The number of hydrogen-bond acceptors (Lipinski definition) is 2. The minimum absolute atomic E-state index is 0.0532. The molecule has 0 bridgehead atoms. The van der Waals surface area contributed by atoms with E-state index in [-0.39, 0.29) is 6.04 Å². The third-order valence-electron chi connectivity index (χ3n) is 2.32. The van der Waals surface area contributed by atoms with Gasteiger partial charge in [-0.05, 0) is 46.1 Å². The maximum absolute atomic E-state index is 6.14. The van der Waals surface area contributed by atoms with E-state index < -0.39 is 0 Å². The van der Waals surface area contributed by atoms with Gasteiger partial charge in [0.1, 0.15) is 0 Å². The minimum Gasteiger partial charge on any atom is -0.323 e. The number of nitrogens with two attached hydrogens (primary N) is 1. The molecular weight excluding hydrogens is 306 g/mol. The van der Waals surface area contributed by atoms with Crippen LogP contribution in [0.15, 0.2) is 40.2 Å². The molecule has 0 fully saturated rings. The Bertz CT molecular complexity index is 466. The predicted octanol–water partition coefficient (Wildman–Crippen LogP) is 4.41. The monoisotopic (exact) mass is 315 g/mol. The summed E-state index contributed by atoms with van der Waals surface area (Å²) in [5.41, 5.74) is 7.34. The molecule has 0 saturated carbocycles. The Labute approximate surface area is 112 Å². The summed E-state index contributed by atoms with van der Waals surface area (Å²) in [6, 6.07) is 9.96. The van der Waals surface area contributed by atoms with E-state index in [4.69, 9.17) is 17.3 Å². The molecule has 0 aliphatic heterocycles. The van der Waals surface area contributed by atoms with E-state index in [0.717, 1.165) is 15.9 Å². The topological polar surface area (TPSA) is 26.0 Å². The first kappa shape index (κ1) is 12.1. The van der Waals surface area contributed by atoms with Crippen molar-refractivity contribution in [2.24, 2.45) is 5.73 Å². The van der Waals surface area contributed by atoms with Crippen molar-refractivity contribution in [2.75, 3.05) is 0 Å². The molecule has 1 atom stereocenters. The molecule has 1 nitrogen and oxygen atoms in total. The number of rotatable bonds is 3. The summed E-state index contributed by atoms with van der Waals surface area (Å²) in [5, 5.41) is 2.81. The van der Waals surface area contributed by atoms with Gasteiger partial charge in [-0.15, -0.1) is 11.3 Å². The van der Waals surface area contributed by atoms with Crippen LogP contribution in [-0.4, -0.2) is 0 Å². The van der Waals surface area contributed by atoms with Gasteiger partial charge >= 0.3 is 0 Å². The Morgan fingerprint density at radius 2 is 2.00 bits per heavy atom. The Balaban J connectivity index is 2.07. The van der Waals surface area contributed by atoms with Crippen LogP contribution in [0.25, 0.3) is 0 Å². The van der Waals surface area contributed by atoms with Crippen LogP contribution in [0, 0.1) is 0 Å². The molecule has 2 aromatic rings. The van der Waals surface area contributed by atoms with E-state index in [2.05, 4.69) is 27.4 Å². The van der Waals surface area contributed by atoms with E-state index in [1.54, 1.807) is 11.3 Å². The summed E-state index contributed by atoms with van der Waals surface area (Å²) in [6.07, 6.45) is 0.837. The van der Waals surface area contributed by atoms with Crippen molar-refractivity contribution < 1.29 is 0 Å². The number of hydrogen-bond donors (Lipinski definition) is 1. The summed E-state index contributed by atoms with van der Waals surface area (Å²) in [4.78, 5) is 1.20. The molecule has 2 N–H and O–H groups in total. The van der Waals surface area contributed by atoms with Crippen LogP contribution in [0.1, 0.15) is 16.5 Å². The van der Waals surface area contributed by atoms with Gasteiger partial charge in [0.15, 0.2) is 0 Å². The fourth-order valence-electron chi connectivity index (χ4n) is 1.50. The molecule has 16 heavy (non-hydrogen) atoms. The molecule has 2 rings (SSSR count). The lowest BCUT2D eigenvalue weighted by Crippen LogP contribution is -2.11. The first-order chi connectivity index (χ1) is 7.65.